The first-order valence-corrected chi connectivity index (χ1v) is 8.02. The molecule has 0 aromatic rings. The Morgan fingerprint density at radius 3 is 2.00 bits per heavy atom. The number of hydrazine groups is 2. The van der Waals surface area contributed by atoms with E-state index in [1.165, 1.54) is 19.3 Å². The summed E-state index contributed by atoms with van der Waals surface area (Å²) in [5.41, 5.74) is 6.19. The number of amides is 1. The van der Waals surface area contributed by atoms with Crippen molar-refractivity contribution in [2.45, 2.75) is 72.6 Å². The van der Waals surface area contributed by atoms with E-state index in [1.54, 1.807) is 5.12 Å². The van der Waals surface area contributed by atoms with Gasteiger partial charge in [-0.25, -0.2) is 16.0 Å². The lowest BCUT2D eigenvalue weighted by Gasteiger charge is -2.27. The molecule has 4 nitrogen and oxygen atoms in total. The van der Waals surface area contributed by atoms with Gasteiger partial charge in [0.05, 0.1) is 0 Å². The van der Waals surface area contributed by atoms with Crippen LogP contribution in [0.3, 0.4) is 0 Å². The minimum Gasteiger partial charge on any atom is -0.272 e. The number of nitrogens with zero attached hydrogens (tertiary/aromatic N) is 1. The molecule has 0 bridgehead atoms. The number of unbranched alkanes of at least 4 members (excludes halogenated alkanes) is 3. The SMILES string of the molecule is CCCCCCC(CCC)C(=O)N(NCC)NCC. The summed E-state index contributed by atoms with van der Waals surface area (Å²) in [5.74, 6) is 0.349. The van der Waals surface area contributed by atoms with E-state index < -0.39 is 0 Å². The van der Waals surface area contributed by atoms with Crippen LogP contribution in [0, 0.1) is 5.92 Å². The van der Waals surface area contributed by atoms with Crippen molar-refractivity contribution in [2.24, 2.45) is 5.92 Å². The Morgan fingerprint density at radius 1 is 0.895 bits per heavy atom. The molecule has 1 unspecified atom stereocenters. The van der Waals surface area contributed by atoms with Gasteiger partial charge in [-0.1, -0.05) is 59.8 Å². The Labute approximate surface area is 119 Å². The highest BCUT2D eigenvalue weighted by molar-refractivity contribution is 5.77. The molecule has 114 valence electrons. The Bertz CT molecular complexity index is 215. The molecule has 0 heterocycles. The molecule has 2 N–H and O–H groups in total. The van der Waals surface area contributed by atoms with E-state index >= 15 is 0 Å². The predicted molar refractivity (Wildman–Crippen MR) is 81.4 cm³/mol. The molecular weight excluding hydrogens is 238 g/mol. The molecule has 0 spiro atoms. The van der Waals surface area contributed by atoms with Gasteiger partial charge in [0.2, 0.25) is 0 Å². The molecule has 0 aliphatic rings. The fourth-order valence-corrected chi connectivity index (χ4v) is 2.27. The summed E-state index contributed by atoms with van der Waals surface area (Å²) in [6.45, 7) is 9.89. The van der Waals surface area contributed by atoms with E-state index in [-0.39, 0.29) is 11.8 Å². The minimum absolute atomic E-state index is 0.153. The van der Waals surface area contributed by atoms with Crippen LogP contribution in [-0.4, -0.2) is 24.1 Å². The van der Waals surface area contributed by atoms with Crippen LogP contribution < -0.4 is 10.9 Å². The molecule has 1 atom stereocenters. The first kappa shape index (κ1) is 18.4. The Morgan fingerprint density at radius 2 is 1.53 bits per heavy atom. The molecule has 0 fully saturated rings. The zero-order valence-corrected chi connectivity index (χ0v) is 13.3. The summed E-state index contributed by atoms with van der Waals surface area (Å²) in [5, 5.41) is 1.60. The summed E-state index contributed by atoms with van der Waals surface area (Å²) in [6, 6.07) is 0. The highest BCUT2D eigenvalue weighted by Gasteiger charge is 2.22. The topological polar surface area (TPSA) is 44.4 Å². The van der Waals surface area contributed by atoms with E-state index in [1.807, 2.05) is 13.8 Å². The molecule has 0 aromatic heterocycles. The maximum absolute atomic E-state index is 12.5. The molecule has 0 radical (unpaired) electrons. The van der Waals surface area contributed by atoms with Gasteiger partial charge in [0, 0.05) is 19.0 Å². The van der Waals surface area contributed by atoms with Gasteiger partial charge in [0.25, 0.3) is 5.91 Å². The highest BCUT2D eigenvalue weighted by Crippen LogP contribution is 2.18. The van der Waals surface area contributed by atoms with Crippen LogP contribution in [0.1, 0.15) is 72.6 Å². The second-order valence-corrected chi connectivity index (χ2v) is 5.03. The smallest absolute Gasteiger partial charge is 0.254 e. The average molecular weight is 271 g/mol. The van der Waals surface area contributed by atoms with Crippen LogP contribution in [0.5, 0.6) is 0 Å². The third-order valence-corrected chi connectivity index (χ3v) is 3.25. The van der Waals surface area contributed by atoms with Crippen molar-refractivity contribution in [1.82, 2.24) is 16.0 Å². The molecule has 0 aliphatic heterocycles. The van der Waals surface area contributed by atoms with Crippen LogP contribution in [0.15, 0.2) is 0 Å². The molecule has 1 amide bonds. The normalized spacial score (nSPS) is 12.4. The van der Waals surface area contributed by atoms with E-state index in [4.69, 9.17) is 0 Å². The van der Waals surface area contributed by atoms with Crippen LogP contribution in [0.2, 0.25) is 0 Å². The third kappa shape index (κ3) is 8.22. The second kappa shape index (κ2) is 12.4. The van der Waals surface area contributed by atoms with Crippen molar-refractivity contribution in [3.05, 3.63) is 0 Å². The van der Waals surface area contributed by atoms with Crippen molar-refractivity contribution in [1.29, 1.82) is 0 Å². The molecule has 0 saturated heterocycles. The van der Waals surface area contributed by atoms with Crippen molar-refractivity contribution < 1.29 is 4.79 Å². The zero-order chi connectivity index (χ0) is 14.5. The first-order chi connectivity index (χ1) is 9.21. The van der Waals surface area contributed by atoms with Crippen molar-refractivity contribution in [3.63, 3.8) is 0 Å². The predicted octanol–water partition coefficient (Wildman–Crippen LogP) is 3.25. The summed E-state index contributed by atoms with van der Waals surface area (Å²) in [6.07, 6.45) is 7.99. The maximum atomic E-state index is 12.5. The monoisotopic (exact) mass is 271 g/mol. The van der Waals surface area contributed by atoms with Gasteiger partial charge < -0.3 is 0 Å². The lowest BCUT2D eigenvalue weighted by atomic mass is 9.95. The number of hydrogen-bond donors (Lipinski definition) is 2. The lowest BCUT2D eigenvalue weighted by Crippen LogP contribution is -2.53. The van der Waals surface area contributed by atoms with Gasteiger partial charge in [-0.05, 0) is 12.8 Å². The fourth-order valence-electron chi connectivity index (χ4n) is 2.27. The Hall–Kier alpha value is -0.610. The number of carbonyl (C=O) groups excluding carboxylic acids is 1. The van der Waals surface area contributed by atoms with Gasteiger partial charge in [-0.15, -0.1) is 0 Å². The van der Waals surface area contributed by atoms with Crippen molar-refractivity contribution >= 4 is 5.91 Å². The van der Waals surface area contributed by atoms with Crippen molar-refractivity contribution in [3.8, 4) is 0 Å². The van der Waals surface area contributed by atoms with Crippen LogP contribution in [-0.2, 0) is 4.79 Å². The van der Waals surface area contributed by atoms with E-state index in [0.717, 1.165) is 38.8 Å². The molecule has 4 heteroatoms. The van der Waals surface area contributed by atoms with Crippen molar-refractivity contribution in [2.75, 3.05) is 13.1 Å². The minimum atomic E-state index is 0.153. The fraction of sp³-hybridized carbons (Fsp3) is 0.933. The maximum Gasteiger partial charge on any atom is 0.254 e. The van der Waals surface area contributed by atoms with E-state index in [0.29, 0.717) is 0 Å². The summed E-state index contributed by atoms with van der Waals surface area (Å²) < 4.78 is 0. The number of carbonyl (C=O) groups is 1. The number of nitrogens with one attached hydrogen (secondary N) is 2. The largest absolute Gasteiger partial charge is 0.272 e. The highest BCUT2D eigenvalue weighted by atomic mass is 16.2. The molecule has 0 aliphatic carbocycles. The quantitative estimate of drug-likeness (QED) is 0.423. The Kier molecular flexibility index (Phi) is 12.0. The standard InChI is InChI=1S/C15H33N3O/c1-5-9-10-11-13-14(12-6-2)15(19)18(16-7-3)17-8-4/h14,16-17H,5-13H2,1-4H3. The molecular formula is C15H33N3O. The molecule has 0 aromatic carbocycles. The van der Waals surface area contributed by atoms with Gasteiger partial charge in [-0.3, -0.25) is 4.79 Å². The van der Waals surface area contributed by atoms with Crippen LogP contribution in [0.4, 0.5) is 0 Å². The van der Waals surface area contributed by atoms with E-state index in [9.17, 15) is 4.79 Å². The summed E-state index contributed by atoms with van der Waals surface area (Å²) >= 11 is 0. The number of hydrogen-bond acceptors (Lipinski definition) is 3. The average Bonchev–Trinajstić information content (AvgIpc) is 2.41. The summed E-state index contributed by atoms with van der Waals surface area (Å²) in [7, 11) is 0. The summed E-state index contributed by atoms with van der Waals surface area (Å²) in [4.78, 5) is 12.5. The van der Waals surface area contributed by atoms with Crippen LogP contribution >= 0.6 is 0 Å². The van der Waals surface area contributed by atoms with Gasteiger partial charge >= 0.3 is 0 Å². The van der Waals surface area contributed by atoms with Gasteiger partial charge in [-0.2, -0.15) is 0 Å². The van der Waals surface area contributed by atoms with Gasteiger partial charge in [0.15, 0.2) is 0 Å². The molecule has 0 saturated carbocycles. The zero-order valence-electron chi connectivity index (χ0n) is 13.3. The van der Waals surface area contributed by atoms with E-state index in [2.05, 4.69) is 24.7 Å². The molecule has 0 rings (SSSR count). The molecule has 19 heavy (non-hydrogen) atoms. The lowest BCUT2D eigenvalue weighted by molar-refractivity contribution is -0.143. The Balaban J connectivity index is 4.33. The first-order valence-electron chi connectivity index (χ1n) is 8.02. The number of rotatable bonds is 12. The van der Waals surface area contributed by atoms with Gasteiger partial charge in [0.1, 0.15) is 0 Å². The second-order valence-electron chi connectivity index (χ2n) is 5.03. The van der Waals surface area contributed by atoms with Crippen LogP contribution in [0.25, 0.3) is 0 Å². The third-order valence-electron chi connectivity index (χ3n) is 3.25.